The molecule has 0 saturated carbocycles. The Balaban J connectivity index is 1.26. The summed E-state index contributed by atoms with van der Waals surface area (Å²) >= 11 is 1.22. The molecular weight excluding hydrogens is 396 g/mol. The Morgan fingerprint density at radius 1 is 1.31 bits per heavy atom. The number of carbonyl (C=O) groups excluding carboxylic acids is 1. The van der Waals surface area contributed by atoms with E-state index < -0.39 is 0 Å². The van der Waals surface area contributed by atoms with Gasteiger partial charge in [0, 0.05) is 5.56 Å². The fourth-order valence-electron chi connectivity index (χ4n) is 2.46. The van der Waals surface area contributed by atoms with Crippen molar-refractivity contribution in [3.8, 4) is 11.5 Å². The number of amides is 1. The first-order valence-corrected chi connectivity index (χ1v) is 9.70. The molecule has 10 nitrogen and oxygen atoms in total. The first-order chi connectivity index (χ1) is 14.2. The maximum atomic E-state index is 11.9. The van der Waals surface area contributed by atoms with Crippen LogP contribution in [0.25, 0.3) is 0 Å². The maximum absolute atomic E-state index is 11.9. The highest BCUT2D eigenvalue weighted by molar-refractivity contribution is 7.99. The zero-order valence-electron chi connectivity index (χ0n) is 15.5. The number of H-pyrrole nitrogens is 1. The second kappa shape index (κ2) is 8.69. The lowest BCUT2D eigenvalue weighted by molar-refractivity contribution is -0.118. The van der Waals surface area contributed by atoms with Gasteiger partial charge in [-0.05, 0) is 37.3 Å². The highest BCUT2D eigenvalue weighted by atomic mass is 32.2. The Morgan fingerprint density at radius 3 is 3.07 bits per heavy atom. The van der Waals surface area contributed by atoms with Crippen molar-refractivity contribution in [3.63, 3.8) is 0 Å². The van der Waals surface area contributed by atoms with Crippen LogP contribution in [0.5, 0.6) is 11.5 Å². The number of anilines is 1. The Morgan fingerprint density at radius 2 is 2.21 bits per heavy atom. The normalized spacial score (nSPS) is 12.8. The van der Waals surface area contributed by atoms with Gasteiger partial charge >= 0.3 is 0 Å². The number of aromatic nitrogens is 3. The van der Waals surface area contributed by atoms with E-state index in [0.29, 0.717) is 29.2 Å². The minimum Gasteiger partial charge on any atom is -0.467 e. The van der Waals surface area contributed by atoms with Crippen LogP contribution >= 0.6 is 11.8 Å². The minimum absolute atomic E-state index is 0.137. The molecule has 3 N–H and O–H groups in total. The number of fused-ring (bicyclic) bond motifs is 1. The number of benzene rings is 1. The number of nitrogens with one attached hydrogen (secondary N) is 3. The fraction of sp³-hybridized carbons (Fsp3) is 0.222. The summed E-state index contributed by atoms with van der Waals surface area (Å²) in [5.41, 5.74) is 4.46. The van der Waals surface area contributed by atoms with E-state index in [1.807, 2.05) is 25.1 Å². The van der Waals surface area contributed by atoms with Gasteiger partial charge in [0.05, 0.1) is 24.3 Å². The van der Waals surface area contributed by atoms with Gasteiger partial charge in [-0.1, -0.05) is 11.8 Å². The van der Waals surface area contributed by atoms with Gasteiger partial charge in [-0.3, -0.25) is 4.79 Å². The first-order valence-electron chi connectivity index (χ1n) is 8.72. The molecule has 0 spiro atoms. The van der Waals surface area contributed by atoms with Gasteiger partial charge in [-0.15, -0.1) is 5.10 Å². The van der Waals surface area contributed by atoms with E-state index in [0.717, 1.165) is 17.0 Å². The van der Waals surface area contributed by atoms with Crippen molar-refractivity contribution >= 4 is 29.3 Å². The molecule has 2 aromatic heterocycles. The number of thioether (sulfide) groups is 1. The van der Waals surface area contributed by atoms with E-state index in [4.69, 9.17) is 13.9 Å². The average molecular weight is 414 g/mol. The molecule has 3 heterocycles. The monoisotopic (exact) mass is 414 g/mol. The fourth-order valence-corrected chi connectivity index (χ4v) is 3.09. The number of ether oxygens (including phenoxy) is 2. The van der Waals surface area contributed by atoms with Crippen LogP contribution in [-0.4, -0.2) is 39.3 Å². The molecule has 0 saturated heterocycles. The lowest BCUT2D eigenvalue weighted by atomic mass is 10.1. The number of rotatable bonds is 8. The minimum atomic E-state index is -0.137. The molecule has 150 valence electrons. The molecule has 1 aromatic carbocycles. The molecule has 1 aliphatic heterocycles. The van der Waals surface area contributed by atoms with Crippen molar-refractivity contribution in [1.82, 2.24) is 20.5 Å². The van der Waals surface area contributed by atoms with Crippen molar-refractivity contribution in [2.24, 2.45) is 5.10 Å². The average Bonchev–Trinajstić information content (AvgIpc) is 3.50. The van der Waals surface area contributed by atoms with Crippen LogP contribution in [-0.2, 0) is 11.3 Å². The zero-order valence-corrected chi connectivity index (χ0v) is 16.3. The summed E-state index contributed by atoms with van der Waals surface area (Å²) in [5.74, 6) is 2.55. The van der Waals surface area contributed by atoms with Gasteiger partial charge in [-0.25, -0.2) is 10.5 Å². The lowest BCUT2D eigenvalue weighted by Crippen LogP contribution is -2.24. The number of furan rings is 1. The highest BCUT2D eigenvalue weighted by Crippen LogP contribution is 2.32. The third kappa shape index (κ3) is 4.88. The number of nitrogens with zero attached hydrogens (tertiary/aromatic N) is 3. The van der Waals surface area contributed by atoms with E-state index in [1.165, 1.54) is 11.8 Å². The van der Waals surface area contributed by atoms with E-state index in [-0.39, 0.29) is 18.5 Å². The lowest BCUT2D eigenvalue weighted by Gasteiger charge is -2.03. The van der Waals surface area contributed by atoms with Gasteiger partial charge in [0.25, 0.3) is 0 Å². The molecule has 29 heavy (non-hydrogen) atoms. The molecule has 0 aliphatic carbocycles. The smallest absolute Gasteiger partial charge is 0.240 e. The summed E-state index contributed by atoms with van der Waals surface area (Å²) in [5, 5.41) is 14.3. The van der Waals surface area contributed by atoms with Crippen molar-refractivity contribution < 1.29 is 18.7 Å². The van der Waals surface area contributed by atoms with Crippen LogP contribution < -0.4 is 20.2 Å². The van der Waals surface area contributed by atoms with Crippen molar-refractivity contribution in [2.75, 3.05) is 18.0 Å². The number of aromatic amines is 1. The summed E-state index contributed by atoms with van der Waals surface area (Å²) in [6, 6.07) is 9.18. The standard InChI is InChI=1S/C18H18N6O4S/c1-11(12-4-5-14-15(7-12)28-10-27-14)21-22-17-20-18(24-23-17)29-9-16(25)19-8-13-3-2-6-26-13/h2-7H,8-10H2,1H3,(H,19,25)(H2,20,22,23,24)/b21-11-. The van der Waals surface area contributed by atoms with Crippen molar-refractivity contribution in [1.29, 1.82) is 0 Å². The molecular formula is C18H18N6O4S. The first kappa shape index (κ1) is 18.9. The van der Waals surface area contributed by atoms with Crippen LogP contribution in [0.1, 0.15) is 18.2 Å². The van der Waals surface area contributed by atoms with E-state index >= 15 is 0 Å². The summed E-state index contributed by atoms with van der Waals surface area (Å²) in [6.45, 7) is 2.44. The predicted molar refractivity (Wildman–Crippen MR) is 106 cm³/mol. The Kier molecular flexibility index (Phi) is 5.66. The molecule has 11 heteroatoms. The summed E-state index contributed by atoms with van der Waals surface area (Å²) in [6.07, 6.45) is 1.56. The van der Waals surface area contributed by atoms with Gasteiger partial charge in [0.1, 0.15) is 5.76 Å². The molecule has 1 aliphatic rings. The Labute approximate surface area is 170 Å². The molecule has 4 rings (SSSR count). The molecule has 1 amide bonds. The van der Waals surface area contributed by atoms with E-state index in [9.17, 15) is 4.79 Å². The molecule has 3 aromatic rings. The summed E-state index contributed by atoms with van der Waals surface area (Å²) < 4.78 is 15.8. The van der Waals surface area contributed by atoms with Gasteiger partial charge < -0.3 is 19.2 Å². The van der Waals surface area contributed by atoms with E-state index in [1.54, 1.807) is 18.4 Å². The largest absolute Gasteiger partial charge is 0.467 e. The summed E-state index contributed by atoms with van der Waals surface area (Å²) in [7, 11) is 0. The van der Waals surface area contributed by atoms with Crippen LogP contribution in [0, 0.1) is 0 Å². The topological polar surface area (TPSA) is 127 Å². The van der Waals surface area contributed by atoms with Gasteiger partial charge in [-0.2, -0.15) is 10.1 Å². The number of carbonyl (C=O) groups is 1. The highest BCUT2D eigenvalue weighted by Gasteiger charge is 2.14. The molecule has 0 fully saturated rings. The molecule has 0 atom stereocenters. The van der Waals surface area contributed by atoms with Crippen molar-refractivity contribution in [3.05, 3.63) is 47.9 Å². The van der Waals surface area contributed by atoms with Crippen LogP contribution in [0.2, 0.25) is 0 Å². The third-order valence-corrected chi connectivity index (χ3v) is 4.80. The molecule has 0 radical (unpaired) electrons. The SMILES string of the molecule is C/C(=N/Nc1nc(SCC(=O)NCc2ccco2)n[nH]1)c1ccc2c(c1)OCO2. The van der Waals surface area contributed by atoms with Crippen LogP contribution in [0.15, 0.2) is 51.3 Å². The number of hydrogen-bond acceptors (Lipinski definition) is 9. The van der Waals surface area contributed by atoms with Gasteiger partial charge in [0.2, 0.25) is 23.8 Å². The van der Waals surface area contributed by atoms with Crippen LogP contribution in [0.4, 0.5) is 5.95 Å². The van der Waals surface area contributed by atoms with E-state index in [2.05, 4.69) is 31.0 Å². The Bertz CT molecular complexity index is 1020. The summed E-state index contributed by atoms with van der Waals surface area (Å²) in [4.78, 5) is 16.1. The van der Waals surface area contributed by atoms with Crippen molar-refractivity contribution in [2.45, 2.75) is 18.6 Å². The predicted octanol–water partition coefficient (Wildman–Crippen LogP) is 2.37. The Hall–Kier alpha value is -3.47. The third-order valence-electron chi connectivity index (χ3n) is 3.96. The maximum Gasteiger partial charge on any atom is 0.240 e. The quantitative estimate of drug-likeness (QED) is 0.291. The zero-order chi connectivity index (χ0) is 20.1. The molecule has 0 unspecified atom stereocenters. The number of hydrazone groups is 1. The second-order valence-corrected chi connectivity index (χ2v) is 6.93. The van der Waals surface area contributed by atoms with Gasteiger partial charge in [0.15, 0.2) is 11.5 Å². The molecule has 0 bridgehead atoms. The second-order valence-electron chi connectivity index (χ2n) is 5.99. The number of hydrogen-bond donors (Lipinski definition) is 3. The van der Waals surface area contributed by atoms with Crippen LogP contribution in [0.3, 0.4) is 0 Å².